The van der Waals surface area contributed by atoms with Gasteiger partial charge in [0.05, 0.1) is 10.9 Å². The Morgan fingerprint density at radius 2 is 1.85 bits per heavy atom. The quantitative estimate of drug-likeness (QED) is 0.873. The summed E-state index contributed by atoms with van der Waals surface area (Å²) in [5, 5.41) is 2.64. The van der Waals surface area contributed by atoms with Crippen LogP contribution < -0.4 is 5.32 Å². The lowest BCUT2D eigenvalue weighted by atomic mass is 9.96. The van der Waals surface area contributed by atoms with Crippen LogP contribution in [0.2, 0.25) is 5.02 Å². The molecule has 2 amide bonds. The molecule has 1 atom stereocenters. The van der Waals surface area contributed by atoms with Gasteiger partial charge < -0.3 is 10.2 Å². The molecule has 136 valence electrons. The van der Waals surface area contributed by atoms with Crippen molar-refractivity contribution < 1.29 is 18.4 Å². The van der Waals surface area contributed by atoms with Crippen molar-refractivity contribution in [3.05, 3.63) is 64.7 Å². The van der Waals surface area contributed by atoms with Crippen LogP contribution >= 0.6 is 11.6 Å². The first kappa shape index (κ1) is 18.3. The van der Waals surface area contributed by atoms with Crippen molar-refractivity contribution in [3.63, 3.8) is 0 Å². The minimum atomic E-state index is -0.557. The third-order valence-electron chi connectivity index (χ3n) is 4.36. The number of piperidine rings is 1. The van der Waals surface area contributed by atoms with Crippen molar-refractivity contribution in [2.45, 2.75) is 12.8 Å². The highest BCUT2D eigenvalue weighted by Crippen LogP contribution is 2.23. The molecule has 2 aromatic rings. The van der Waals surface area contributed by atoms with Gasteiger partial charge in [-0.1, -0.05) is 11.6 Å². The Bertz CT molecular complexity index is 827. The number of amides is 2. The lowest BCUT2D eigenvalue weighted by Crippen LogP contribution is -2.43. The number of carbonyl (C=O) groups excluding carboxylic acids is 2. The van der Waals surface area contributed by atoms with E-state index in [0.29, 0.717) is 30.6 Å². The molecule has 0 aromatic heterocycles. The minimum Gasteiger partial charge on any atom is -0.338 e. The molecule has 0 bridgehead atoms. The second-order valence-corrected chi connectivity index (χ2v) is 6.62. The zero-order chi connectivity index (χ0) is 18.7. The van der Waals surface area contributed by atoms with E-state index in [1.165, 1.54) is 42.5 Å². The third-order valence-corrected chi connectivity index (χ3v) is 4.65. The SMILES string of the molecule is O=C(Nc1ccc(F)c(Cl)c1)[C@H]1CCCN(C(=O)c2ccc(F)cc2)C1. The summed E-state index contributed by atoms with van der Waals surface area (Å²) < 4.78 is 26.2. The van der Waals surface area contributed by atoms with E-state index in [0.717, 1.165) is 0 Å². The Morgan fingerprint density at radius 3 is 2.54 bits per heavy atom. The first-order valence-corrected chi connectivity index (χ1v) is 8.62. The van der Waals surface area contributed by atoms with E-state index in [4.69, 9.17) is 11.6 Å². The number of hydrogen-bond acceptors (Lipinski definition) is 2. The van der Waals surface area contributed by atoms with Gasteiger partial charge in [-0.25, -0.2) is 8.78 Å². The fraction of sp³-hybridized carbons (Fsp3) is 0.263. The summed E-state index contributed by atoms with van der Waals surface area (Å²) in [6.07, 6.45) is 1.34. The maximum Gasteiger partial charge on any atom is 0.253 e. The Hall–Kier alpha value is -2.47. The Kier molecular flexibility index (Phi) is 5.52. The van der Waals surface area contributed by atoms with Crippen molar-refractivity contribution in [3.8, 4) is 0 Å². The molecular formula is C19H17ClF2N2O2. The van der Waals surface area contributed by atoms with E-state index < -0.39 is 11.6 Å². The maximum absolute atomic E-state index is 13.2. The molecule has 26 heavy (non-hydrogen) atoms. The molecule has 0 radical (unpaired) electrons. The zero-order valence-corrected chi connectivity index (χ0v) is 14.6. The average Bonchev–Trinajstić information content (AvgIpc) is 2.65. The Labute approximate surface area is 154 Å². The van der Waals surface area contributed by atoms with Crippen LogP contribution in [0.3, 0.4) is 0 Å². The van der Waals surface area contributed by atoms with Gasteiger partial charge in [0.1, 0.15) is 11.6 Å². The molecule has 2 aromatic carbocycles. The van der Waals surface area contributed by atoms with Crippen LogP contribution in [0.1, 0.15) is 23.2 Å². The number of benzene rings is 2. The number of likely N-dealkylation sites (tertiary alicyclic amines) is 1. The normalized spacial score (nSPS) is 17.0. The lowest BCUT2D eigenvalue weighted by molar-refractivity contribution is -0.121. The number of hydrogen-bond donors (Lipinski definition) is 1. The van der Waals surface area contributed by atoms with Crippen LogP contribution in [0, 0.1) is 17.6 Å². The fourth-order valence-corrected chi connectivity index (χ4v) is 3.15. The number of carbonyl (C=O) groups is 2. The number of rotatable bonds is 3. The number of anilines is 1. The summed E-state index contributed by atoms with van der Waals surface area (Å²) in [5.74, 6) is -1.82. The fourth-order valence-electron chi connectivity index (χ4n) is 2.97. The standard InChI is InChI=1S/C19H17ClF2N2O2/c20-16-10-15(7-8-17(16)22)23-18(25)13-2-1-9-24(11-13)19(26)12-3-5-14(21)6-4-12/h3-8,10,13H,1-2,9,11H2,(H,23,25)/t13-/m0/s1. The molecule has 0 aliphatic carbocycles. The van der Waals surface area contributed by atoms with Crippen molar-refractivity contribution in [2.75, 3.05) is 18.4 Å². The van der Waals surface area contributed by atoms with Crippen molar-refractivity contribution in [1.82, 2.24) is 4.90 Å². The molecule has 1 saturated heterocycles. The summed E-state index contributed by atoms with van der Waals surface area (Å²) in [7, 11) is 0. The van der Waals surface area contributed by atoms with Gasteiger partial charge in [-0.15, -0.1) is 0 Å². The zero-order valence-electron chi connectivity index (χ0n) is 13.8. The van der Waals surface area contributed by atoms with Gasteiger partial charge in [0, 0.05) is 24.3 Å². The van der Waals surface area contributed by atoms with Gasteiger partial charge in [0.25, 0.3) is 5.91 Å². The van der Waals surface area contributed by atoms with E-state index in [9.17, 15) is 18.4 Å². The maximum atomic E-state index is 13.2. The van der Waals surface area contributed by atoms with Gasteiger partial charge in [-0.3, -0.25) is 9.59 Å². The lowest BCUT2D eigenvalue weighted by Gasteiger charge is -2.32. The molecule has 7 heteroatoms. The van der Waals surface area contributed by atoms with Crippen LogP contribution in [-0.4, -0.2) is 29.8 Å². The molecule has 1 N–H and O–H groups in total. The predicted molar refractivity (Wildman–Crippen MR) is 95.1 cm³/mol. The summed E-state index contributed by atoms with van der Waals surface area (Å²) in [4.78, 5) is 26.6. The van der Waals surface area contributed by atoms with E-state index in [1.807, 2.05) is 0 Å². The van der Waals surface area contributed by atoms with E-state index in [2.05, 4.69) is 5.32 Å². The molecule has 0 spiro atoms. The molecule has 1 fully saturated rings. The molecule has 1 heterocycles. The van der Waals surface area contributed by atoms with Gasteiger partial charge in [-0.05, 0) is 55.3 Å². The monoisotopic (exact) mass is 378 g/mol. The van der Waals surface area contributed by atoms with E-state index >= 15 is 0 Å². The number of nitrogens with zero attached hydrogens (tertiary/aromatic N) is 1. The summed E-state index contributed by atoms with van der Waals surface area (Å²) in [6.45, 7) is 0.819. The van der Waals surface area contributed by atoms with Gasteiger partial charge in [-0.2, -0.15) is 0 Å². The molecule has 1 aliphatic heterocycles. The molecule has 3 rings (SSSR count). The highest BCUT2D eigenvalue weighted by Gasteiger charge is 2.29. The summed E-state index contributed by atoms with van der Waals surface area (Å²) in [5.41, 5.74) is 0.793. The minimum absolute atomic E-state index is 0.0699. The topological polar surface area (TPSA) is 49.4 Å². The second-order valence-electron chi connectivity index (χ2n) is 6.22. The van der Waals surface area contributed by atoms with Crippen LogP contribution in [0.5, 0.6) is 0 Å². The largest absolute Gasteiger partial charge is 0.338 e. The van der Waals surface area contributed by atoms with Crippen molar-refractivity contribution in [2.24, 2.45) is 5.92 Å². The molecular weight excluding hydrogens is 362 g/mol. The second kappa shape index (κ2) is 7.83. The number of halogens is 3. The number of nitrogens with one attached hydrogen (secondary N) is 1. The van der Waals surface area contributed by atoms with E-state index in [-0.39, 0.29) is 29.3 Å². The van der Waals surface area contributed by atoms with Crippen molar-refractivity contribution >= 4 is 29.1 Å². The van der Waals surface area contributed by atoms with Gasteiger partial charge in [0.15, 0.2) is 0 Å². The van der Waals surface area contributed by atoms with Crippen LogP contribution in [0.25, 0.3) is 0 Å². The Morgan fingerprint density at radius 1 is 1.12 bits per heavy atom. The van der Waals surface area contributed by atoms with Crippen LogP contribution in [0.4, 0.5) is 14.5 Å². The van der Waals surface area contributed by atoms with Crippen LogP contribution in [0.15, 0.2) is 42.5 Å². The molecule has 0 unspecified atom stereocenters. The average molecular weight is 379 g/mol. The van der Waals surface area contributed by atoms with Gasteiger partial charge in [0.2, 0.25) is 5.91 Å². The van der Waals surface area contributed by atoms with Crippen molar-refractivity contribution in [1.29, 1.82) is 0 Å². The first-order chi connectivity index (χ1) is 12.4. The molecule has 0 saturated carbocycles. The third kappa shape index (κ3) is 4.19. The summed E-state index contributed by atoms with van der Waals surface area (Å²) >= 11 is 5.72. The Balaban J connectivity index is 1.65. The predicted octanol–water partition coefficient (Wildman–Crippen LogP) is 4.11. The van der Waals surface area contributed by atoms with Gasteiger partial charge >= 0.3 is 0 Å². The van der Waals surface area contributed by atoms with Crippen LogP contribution in [-0.2, 0) is 4.79 Å². The summed E-state index contributed by atoms with van der Waals surface area (Å²) in [6, 6.07) is 9.30. The molecule has 4 nitrogen and oxygen atoms in total. The highest BCUT2D eigenvalue weighted by molar-refractivity contribution is 6.31. The molecule has 1 aliphatic rings. The smallest absolute Gasteiger partial charge is 0.253 e. The highest BCUT2D eigenvalue weighted by atomic mass is 35.5. The van der Waals surface area contributed by atoms with E-state index in [1.54, 1.807) is 4.90 Å². The first-order valence-electron chi connectivity index (χ1n) is 8.25.